The first-order valence-corrected chi connectivity index (χ1v) is 13.7. The van der Waals surface area contributed by atoms with Crippen molar-refractivity contribution in [1.82, 2.24) is 4.98 Å². The fourth-order valence-corrected chi connectivity index (χ4v) is 5.82. The second kappa shape index (κ2) is 11.3. The fourth-order valence-electron chi connectivity index (χ4n) is 3.73. The number of ether oxygens (including phenoxy) is 3. The van der Waals surface area contributed by atoms with Crippen LogP contribution in [0.4, 0.5) is 0 Å². The Balaban J connectivity index is 1.66. The number of hydrogen-bond donors (Lipinski definition) is 0. The smallest absolute Gasteiger partial charge is 0.170 e. The molecule has 4 rings (SSSR count). The molecule has 4 aromatic rings. The van der Waals surface area contributed by atoms with E-state index in [2.05, 4.69) is 113 Å². The molecule has 0 N–H and O–H groups in total. The Morgan fingerprint density at radius 2 is 1.16 bits per heavy atom. The molecule has 3 aromatic carbocycles. The molecular weight excluding hydrogens is 478 g/mol. The van der Waals surface area contributed by atoms with Crippen molar-refractivity contribution in [3.8, 4) is 17.2 Å². The highest BCUT2D eigenvalue weighted by Crippen LogP contribution is 2.35. The highest BCUT2D eigenvalue weighted by Gasteiger charge is 2.30. The van der Waals surface area contributed by atoms with Gasteiger partial charge in [0.15, 0.2) is 14.7 Å². The second-order valence-corrected chi connectivity index (χ2v) is 12.8. The van der Waals surface area contributed by atoms with E-state index in [0.717, 1.165) is 22.9 Å². The van der Waals surface area contributed by atoms with Gasteiger partial charge in [-0.15, -0.1) is 0 Å². The summed E-state index contributed by atoms with van der Waals surface area (Å²) in [7, 11) is -0.343. The molecule has 37 heavy (non-hydrogen) atoms. The van der Waals surface area contributed by atoms with Gasteiger partial charge in [-0.05, 0) is 114 Å². The normalized spacial score (nSPS) is 11.9. The lowest BCUT2D eigenvalue weighted by Gasteiger charge is -2.21. The van der Waals surface area contributed by atoms with Gasteiger partial charge in [0, 0.05) is 12.3 Å². The summed E-state index contributed by atoms with van der Waals surface area (Å²) in [6.07, 6.45) is 1.78. The summed E-state index contributed by atoms with van der Waals surface area (Å²) >= 11 is 0. The zero-order valence-electron chi connectivity index (χ0n) is 22.5. The van der Waals surface area contributed by atoms with Gasteiger partial charge in [0.1, 0.15) is 35.1 Å². The highest BCUT2D eigenvalue weighted by atomic mass is 32.2. The summed E-state index contributed by atoms with van der Waals surface area (Å²) in [6.45, 7) is 12.8. The van der Waals surface area contributed by atoms with Gasteiger partial charge in [0.05, 0.1) is 16.6 Å². The summed E-state index contributed by atoms with van der Waals surface area (Å²) in [5.74, 6) is 2.54. The van der Waals surface area contributed by atoms with Crippen molar-refractivity contribution in [2.75, 3.05) is 0 Å². The lowest BCUT2D eigenvalue weighted by atomic mass is 10.2. The first-order valence-electron chi connectivity index (χ1n) is 12.5. The van der Waals surface area contributed by atoms with Crippen LogP contribution in [0.25, 0.3) is 0 Å². The van der Waals surface area contributed by atoms with Crippen LogP contribution in [0.15, 0.2) is 112 Å². The quantitative estimate of drug-likeness (QED) is 0.223. The predicted molar refractivity (Wildman–Crippen MR) is 151 cm³/mol. The summed E-state index contributed by atoms with van der Waals surface area (Å²) in [5.41, 5.74) is 0.410. The largest absolute Gasteiger partial charge is 0.488 e. The van der Waals surface area contributed by atoms with Crippen LogP contribution in [0.2, 0.25) is 0 Å². The van der Waals surface area contributed by atoms with Gasteiger partial charge in [-0.2, -0.15) is 0 Å². The number of pyridine rings is 1. The first kappa shape index (κ1) is 26.6. The van der Waals surface area contributed by atoms with Crippen LogP contribution in [0.5, 0.6) is 17.2 Å². The summed E-state index contributed by atoms with van der Waals surface area (Å²) in [4.78, 5) is 7.94. The van der Waals surface area contributed by atoms with Crippen molar-refractivity contribution in [2.24, 2.45) is 0 Å². The van der Waals surface area contributed by atoms with Crippen LogP contribution in [0.1, 0.15) is 47.2 Å². The Kier molecular flexibility index (Phi) is 8.13. The standard InChI is InChI=1S/C32H36NO3S/c1-31(2,3)35-25-13-17-28(18-14-25)37(29-19-15-26(16-20-29)36-32(4,5)6)30-12-9-11-27(22-30)34-23-24-10-7-8-21-33-24/h7-22H,23H2,1-6H3/q+1. The Morgan fingerprint density at radius 3 is 1.65 bits per heavy atom. The number of aromatic nitrogens is 1. The van der Waals surface area contributed by atoms with Crippen LogP contribution in [0, 0.1) is 0 Å². The maximum Gasteiger partial charge on any atom is 0.170 e. The van der Waals surface area contributed by atoms with Gasteiger partial charge < -0.3 is 14.2 Å². The van der Waals surface area contributed by atoms with Crippen molar-refractivity contribution in [2.45, 2.75) is 74.0 Å². The maximum atomic E-state index is 6.10. The Labute approximate surface area is 224 Å². The third-order valence-electron chi connectivity index (χ3n) is 5.12. The average molecular weight is 515 g/mol. The predicted octanol–water partition coefficient (Wildman–Crippen LogP) is 8.11. The van der Waals surface area contributed by atoms with E-state index in [-0.39, 0.29) is 22.1 Å². The molecule has 0 aliphatic rings. The zero-order valence-corrected chi connectivity index (χ0v) is 23.3. The Morgan fingerprint density at radius 1 is 0.595 bits per heavy atom. The zero-order chi connectivity index (χ0) is 26.5. The van der Waals surface area contributed by atoms with Crippen LogP contribution >= 0.6 is 0 Å². The summed E-state index contributed by atoms with van der Waals surface area (Å²) in [6, 6.07) is 31.0. The molecule has 0 unspecified atom stereocenters. The molecule has 0 atom stereocenters. The van der Waals surface area contributed by atoms with Crippen LogP contribution in [-0.2, 0) is 17.5 Å². The lowest BCUT2D eigenvalue weighted by Crippen LogP contribution is -2.23. The molecule has 5 heteroatoms. The van der Waals surface area contributed by atoms with E-state index in [4.69, 9.17) is 14.2 Å². The monoisotopic (exact) mass is 514 g/mol. The maximum absolute atomic E-state index is 6.10. The minimum atomic E-state index is -0.343. The van der Waals surface area contributed by atoms with Crippen molar-refractivity contribution in [3.05, 3.63) is 103 Å². The Hall–Kier alpha value is -3.44. The van der Waals surface area contributed by atoms with E-state index in [1.807, 2.05) is 24.3 Å². The molecule has 4 nitrogen and oxygen atoms in total. The van der Waals surface area contributed by atoms with Gasteiger partial charge in [-0.25, -0.2) is 0 Å². The van der Waals surface area contributed by atoms with Gasteiger partial charge >= 0.3 is 0 Å². The van der Waals surface area contributed by atoms with Crippen molar-refractivity contribution in [1.29, 1.82) is 0 Å². The Bertz CT molecular complexity index is 1220. The second-order valence-electron chi connectivity index (χ2n) is 10.8. The third kappa shape index (κ3) is 8.02. The van der Waals surface area contributed by atoms with Gasteiger partial charge in [-0.3, -0.25) is 4.98 Å². The van der Waals surface area contributed by atoms with Crippen LogP contribution in [0.3, 0.4) is 0 Å². The van der Waals surface area contributed by atoms with E-state index < -0.39 is 0 Å². The van der Waals surface area contributed by atoms with Gasteiger partial charge in [0.25, 0.3) is 0 Å². The number of nitrogens with zero attached hydrogens (tertiary/aromatic N) is 1. The summed E-state index contributed by atoms with van der Waals surface area (Å²) < 4.78 is 18.2. The van der Waals surface area contributed by atoms with E-state index >= 15 is 0 Å². The molecule has 0 aliphatic carbocycles. The van der Waals surface area contributed by atoms with Crippen molar-refractivity contribution >= 4 is 10.9 Å². The first-order chi connectivity index (χ1) is 17.6. The average Bonchev–Trinajstić information content (AvgIpc) is 2.84. The highest BCUT2D eigenvalue weighted by molar-refractivity contribution is 7.97. The van der Waals surface area contributed by atoms with E-state index in [1.165, 1.54) is 14.7 Å². The molecule has 192 valence electrons. The molecule has 0 aliphatic heterocycles. The molecular formula is C32H36NO3S+. The van der Waals surface area contributed by atoms with Crippen LogP contribution < -0.4 is 14.2 Å². The molecule has 0 spiro atoms. The molecule has 0 saturated heterocycles. The number of rotatable bonds is 8. The van der Waals surface area contributed by atoms with E-state index in [9.17, 15) is 0 Å². The summed E-state index contributed by atoms with van der Waals surface area (Å²) in [5, 5.41) is 0. The topological polar surface area (TPSA) is 40.6 Å². The molecule has 0 bridgehead atoms. The van der Waals surface area contributed by atoms with E-state index in [1.54, 1.807) is 6.20 Å². The molecule has 0 saturated carbocycles. The lowest BCUT2D eigenvalue weighted by molar-refractivity contribution is 0.130. The van der Waals surface area contributed by atoms with Crippen molar-refractivity contribution in [3.63, 3.8) is 0 Å². The molecule has 0 radical (unpaired) electrons. The van der Waals surface area contributed by atoms with E-state index in [0.29, 0.717) is 6.61 Å². The SMILES string of the molecule is CC(C)(C)Oc1ccc([S+](c2ccc(OC(C)(C)C)cc2)c2cccc(OCc3ccccn3)c2)cc1. The van der Waals surface area contributed by atoms with Crippen molar-refractivity contribution < 1.29 is 14.2 Å². The molecule has 1 heterocycles. The molecule has 0 amide bonds. The fraction of sp³-hybridized carbons (Fsp3) is 0.281. The van der Waals surface area contributed by atoms with Gasteiger partial charge in [-0.1, -0.05) is 12.1 Å². The molecule has 1 aromatic heterocycles. The third-order valence-corrected chi connectivity index (χ3v) is 7.33. The minimum absolute atomic E-state index is 0.245. The number of benzene rings is 3. The minimum Gasteiger partial charge on any atom is -0.488 e. The van der Waals surface area contributed by atoms with Gasteiger partial charge in [0.2, 0.25) is 0 Å². The number of hydrogen-bond acceptors (Lipinski definition) is 4. The molecule has 0 fully saturated rings. The van der Waals surface area contributed by atoms with Crippen LogP contribution in [-0.4, -0.2) is 16.2 Å².